The summed E-state index contributed by atoms with van der Waals surface area (Å²) in [6.07, 6.45) is 0.703. The number of hydrogen-bond donors (Lipinski definition) is 0. The lowest BCUT2D eigenvalue weighted by Crippen LogP contribution is -2.16. The minimum absolute atomic E-state index is 0.144. The maximum atomic E-state index is 10.4. The molecule has 0 unspecified atom stereocenters. The molecule has 0 aliphatic carbocycles. The maximum absolute atomic E-state index is 10.4. The van der Waals surface area contributed by atoms with E-state index in [0.29, 0.717) is 24.6 Å². The van der Waals surface area contributed by atoms with E-state index in [0.717, 1.165) is 3.93 Å². The zero-order valence-electron chi connectivity index (χ0n) is 6.23. The monoisotopic (exact) mass is 275 g/mol. The second-order valence-electron chi connectivity index (χ2n) is 1.95. The van der Waals surface area contributed by atoms with Crippen LogP contribution in [0.4, 0.5) is 0 Å². The largest absolute Gasteiger partial charge is 0.274 e. The lowest BCUT2D eigenvalue weighted by atomic mass is 10.4. The SMILES string of the molecule is ClCCCl.O=C1CCC(=O)N1Br. The molecule has 0 aromatic carbocycles. The molecule has 1 aliphatic rings. The molecule has 1 rings (SSSR count). The molecule has 1 fully saturated rings. The third-order valence-corrected chi connectivity index (χ3v) is 2.42. The highest BCUT2D eigenvalue weighted by atomic mass is 79.9. The summed E-state index contributed by atoms with van der Waals surface area (Å²) in [6, 6.07) is 0. The molecular weight excluding hydrogens is 269 g/mol. The van der Waals surface area contributed by atoms with Crippen LogP contribution in [0, 0.1) is 0 Å². The van der Waals surface area contributed by atoms with E-state index in [-0.39, 0.29) is 11.8 Å². The fraction of sp³-hybridized carbons (Fsp3) is 0.667. The molecule has 0 radical (unpaired) electrons. The van der Waals surface area contributed by atoms with Crippen molar-refractivity contribution in [3.05, 3.63) is 0 Å². The van der Waals surface area contributed by atoms with Crippen molar-refractivity contribution >= 4 is 51.2 Å². The first kappa shape index (κ1) is 12.2. The average molecular weight is 277 g/mol. The number of amides is 2. The Morgan fingerprint density at radius 2 is 1.50 bits per heavy atom. The number of hydrogen-bond acceptors (Lipinski definition) is 2. The van der Waals surface area contributed by atoms with Crippen LogP contribution < -0.4 is 0 Å². The number of carbonyl (C=O) groups is 2. The minimum Gasteiger partial charge on any atom is -0.274 e. The summed E-state index contributed by atoms with van der Waals surface area (Å²) in [6.45, 7) is 0. The van der Waals surface area contributed by atoms with Gasteiger partial charge in [-0.25, -0.2) is 3.93 Å². The highest BCUT2D eigenvalue weighted by Gasteiger charge is 2.26. The number of halogens is 3. The van der Waals surface area contributed by atoms with Crippen molar-refractivity contribution < 1.29 is 9.59 Å². The van der Waals surface area contributed by atoms with Crippen molar-refractivity contribution in [2.45, 2.75) is 12.8 Å². The second-order valence-corrected chi connectivity index (χ2v) is 3.41. The molecule has 0 bridgehead atoms. The normalized spacial score (nSPS) is 16.1. The van der Waals surface area contributed by atoms with Gasteiger partial charge in [-0.2, -0.15) is 0 Å². The summed E-state index contributed by atoms with van der Waals surface area (Å²) < 4.78 is 0.979. The molecule has 1 aliphatic heterocycles. The van der Waals surface area contributed by atoms with Crippen LogP contribution in [-0.4, -0.2) is 27.5 Å². The lowest BCUT2D eigenvalue weighted by molar-refractivity contribution is -0.131. The van der Waals surface area contributed by atoms with Gasteiger partial charge in [-0.05, 0) is 0 Å². The maximum Gasteiger partial charge on any atom is 0.239 e. The van der Waals surface area contributed by atoms with E-state index in [2.05, 4.69) is 16.1 Å². The van der Waals surface area contributed by atoms with Crippen molar-refractivity contribution in [2.24, 2.45) is 0 Å². The van der Waals surface area contributed by atoms with Crippen LogP contribution in [0.15, 0.2) is 0 Å². The molecule has 1 heterocycles. The molecule has 0 spiro atoms. The van der Waals surface area contributed by atoms with Crippen molar-refractivity contribution in [2.75, 3.05) is 11.8 Å². The van der Waals surface area contributed by atoms with Crippen LogP contribution in [-0.2, 0) is 9.59 Å². The first-order chi connectivity index (χ1) is 5.63. The molecule has 12 heavy (non-hydrogen) atoms. The van der Waals surface area contributed by atoms with Gasteiger partial charge >= 0.3 is 0 Å². The van der Waals surface area contributed by atoms with E-state index >= 15 is 0 Å². The highest BCUT2D eigenvalue weighted by Crippen LogP contribution is 2.14. The van der Waals surface area contributed by atoms with Crippen LogP contribution in [0.25, 0.3) is 0 Å². The first-order valence-corrected chi connectivity index (χ1v) is 5.04. The van der Waals surface area contributed by atoms with Crippen molar-refractivity contribution in [1.82, 2.24) is 3.93 Å². The molecule has 0 aromatic heterocycles. The van der Waals surface area contributed by atoms with Crippen LogP contribution in [0.1, 0.15) is 12.8 Å². The van der Waals surface area contributed by atoms with Gasteiger partial charge in [-0.15, -0.1) is 23.2 Å². The van der Waals surface area contributed by atoms with Crippen molar-refractivity contribution in [1.29, 1.82) is 0 Å². The van der Waals surface area contributed by atoms with Gasteiger partial charge in [0, 0.05) is 24.6 Å². The number of imide groups is 1. The number of nitrogens with zero attached hydrogens (tertiary/aromatic N) is 1. The molecule has 1 saturated heterocycles. The Balaban J connectivity index is 0.000000261. The first-order valence-electron chi connectivity index (χ1n) is 3.27. The zero-order chi connectivity index (χ0) is 9.56. The fourth-order valence-electron chi connectivity index (χ4n) is 0.549. The topological polar surface area (TPSA) is 37.4 Å². The van der Waals surface area contributed by atoms with E-state index < -0.39 is 0 Å². The van der Waals surface area contributed by atoms with Crippen LogP contribution in [0.5, 0.6) is 0 Å². The fourth-order valence-corrected chi connectivity index (χ4v) is 0.904. The van der Waals surface area contributed by atoms with Gasteiger partial charge in [-0.1, -0.05) is 0 Å². The standard InChI is InChI=1S/C4H4BrNO2.C2H4Cl2/c5-6-3(7)1-2-4(6)8;3-1-2-4/h1-2H2;1-2H2. The Morgan fingerprint density at radius 3 is 1.58 bits per heavy atom. The zero-order valence-corrected chi connectivity index (χ0v) is 9.32. The Hall–Kier alpha value is 0.200. The summed E-state index contributed by atoms with van der Waals surface area (Å²) in [5.41, 5.74) is 0. The van der Waals surface area contributed by atoms with E-state index in [9.17, 15) is 9.59 Å². The van der Waals surface area contributed by atoms with Crippen LogP contribution in [0.2, 0.25) is 0 Å². The molecule has 2 amide bonds. The molecule has 3 nitrogen and oxygen atoms in total. The highest BCUT2D eigenvalue weighted by molar-refractivity contribution is 9.08. The number of rotatable bonds is 1. The third-order valence-electron chi connectivity index (χ3n) is 1.06. The Kier molecular flexibility index (Phi) is 6.80. The number of alkyl halides is 2. The smallest absolute Gasteiger partial charge is 0.239 e. The molecule has 6 heteroatoms. The van der Waals surface area contributed by atoms with Gasteiger partial charge in [0.15, 0.2) is 0 Å². The lowest BCUT2D eigenvalue weighted by Gasteiger charge is -1.97. The van der Waals surface area contributed by atoms with Crippen molar-refractivity contribution in [3.8, 4) is 0 Å². The molecule has 0 N–H and O–H groups in total. The summed E-state index contributed by atoms with van der Waals surface area (Å²) in [5, 5.41) is 0. The summed E-state index contributed by atoms with van der Waals surface area (Å²) in [7, 11) is 0. The van der Waals surface area contributed by atoms with Crippen LogP contribution in [0.3, 0.4) is 0 Å². The Labute approximate surface area is 89.3 Å². The molecule has 0 saturated carbocycles. The minimum atomic E-state index is -0.144. The second kappa shape index (κ2) is 6.69. The van der Waals surface area contributed by atoms with E-state index in [1.54, 1.807) is 0 Å². The van der Waals surface area contributed by atoms with Gasteiger partial charge in [0.05, 0.1) is 16.1 Å². The predicted octanol–water partition coefficient (Wildman–Crippen LogP) is 1.91. The molecular formula is C6H8BrCl2NO2. The summed E-state index contributed by atoms with van der Waals surface area (Å²) >= 11 is 12.9. The van der Waals surface area contributed by atoms with Gasteiger partial charge in [0.2, 0.25) is 11.8 Å². The van der Waals surface area contributed by atoms with Gasteiger partial charge in [-0.3, -0.25) is 9.59 Å². The molecule has 70 valence electrons. The average Bonchev–Trinajstić information content (AvgIpc) is 2.37. The Bertz CT molecular complexity index is 159. The summed E-state index contributed by atoms with van der Waals surface area (Å²) in [5.74, 6) is 0.827. The van der Waals surface area contributed by atoms with Gasteiger partial charge < -0.3 is 0 Å². The summed E-state index contributed by atoms with van der Waals surface area (Å²) in [4.78, 5) is 20.9. The van der Waals surface area contributed by atoms with E-state index in [4.69, 9.17) is 23.2 Å². The predicted molar refractivity (Wildman–Crippen MR) is 51.5 cm³/mol. The third kappa shape index (κ3) is 4.28. The van der Waals surface area contributed by atoms with Crippen molar-refractivity contribution in [3.63, 3.8) is 0 Å². The molecule has 0 atom stereocenters. The Morgan fingerprint density at radius 1 is 1.17 bits per heavy atom. The molecule has 0 aromatic rings. The van der Waals surface area contributed by atoms with Gasteiger partial charge in [0.1, 0.15) is 0 Å². The van der Waals surface area contributed by atoms with E-state index in [1.165, 1.54) is 0 Å². The van der Waals surface area contributed by atoms with Crippen LogP contribution >= 0.6 is 39.3 Å². The number of carbonyl (C=O) groups excluding carboxylic acids is 2. The van der Waals surface area contributed by atoms with E-state index in [1.807, 2.05) is 0 Å². The van der Waals surface area contributed by atoms with Gasteiger partial charge in [0.25, 0.3) is 0 Å². The quantitative estimate of drug-likeness (QED) is 0.417.